The van der Waals surface area contributed by atoms with Gasteiger partial charge in [-0.2, -0.15) is 0 Å². The number of anilines is 1. The summed E-state index contributed by atoms with van der Waals surface area (Å²) in [6.07, 6.45) is 0.565. The van der Waals surface area contributed by atoms with Gasteiger partial charge in [-0.05, 0) is 44.6 Å². The summed E-state index contributed by atoms with van der Waals surface area (Å²) in [5, 5.41) is 3.72. The van der Waals surface area contributed by atoms with E-state index >= 15 is 0 Å². The summed E-state index contributed by atoms with van der Waals surface area (Å²) >= 11 is 6.00. The molecule has 1 heterocycles. The Hall–Kier alpha value is -1.26. The SMILES string of the molecule is CNCCC1COC(=O)N1c1cc(Cl)ccc1C. The van der Waals surface area contributed by atoms with E-state index in [9.17, 15) is 4.79 Å². The van der Waals surface area contributed by atoms with E-state index in [0.29, 0.717) is 11.6 Å². The Morgan fingerprint density at radius 1 is 1.56 bits per heavy atom. The number of nitrogens with one attached hydrogen (secondary N) is 1. The minimum absolute atomic E-state index is 0.0714. The second-order valence-electron chi connectivity index (χ2n) is 4.42. The van der Waals surface area contributed by atoms with Gasteiger partial charge in [0, 0.05) is 5.02 Å². The van der Waals surface area contributed by atoms with Crippen LogP contribution in [-0.2, 0) is 4.74 Å². The van der Waals surface area contributed by atoms with Crippen molar-refractivity contribution in [1.29, 1.82) is 0 Å². The second-order valence-corrected chi connectivity index (χ2v) is 4.86. The molecular weight excluding hydrogens is 252 g/mol. The molecule has 0 aromatic heterocycles. The van der Waals surface area contributed by atoms with Crippen molar-refractivity contribution < 1.29 is 9.53 Å². The third-order valence-electron chi connectivity index (χ3n) is 3.12. The number of hydrogen-bond donors (Lipinski definition) is 1. The Balaban J connectivity index is 2.27. The molecule has 1 amide bonds. The van der Waals surface area contributed by atoms with Crippen LogP contribution in [0.4, 0.5) is 10.5 Å². The lowest BCUT2D eigenvalue weighted by Gasteiger charge is -2.23. The van der Waals surface area contributed by atoms with Gasteiger partial charge in [0.05, 0.1) is 11.7 Å². The number of cyclic esters (lactones) is 1. The van der Waals surface area contributed by atoms with Gasteiger partial charge >= 0.3 is 6.09 Å². The van der Waals surface area contributed by atoms with Gasteiger partial charge in [0.1, 0.15) is 6.61 Å². The normalized spacial score (nSPS) is 19.2. The molecule has 1 aliphatic rings. The first-order chi connectivity index (χ1) is 8.63. The Labute approximate surface area is 112 Å². The molecule has 2 rings (SSSR count). The van der Waals surface area contributed by atoms with E-state index in [1.165, 1.54) is 0 Å². The zero-order valence-electron chi connectivity index (χ0n) is 10.6. The lowest BCUT2D eigenvalue weighted by Crippen LogP contribution is -2.35. The van der Waals surface area contributed by atoms with E-state index in [0.717, 1.165) is 24.2 Å². The van der Waals surface area contributed by atoms with Crippen molar-refractivity contribution in [2.75, 3.05) is 25.1 Å². The molecule has 1 aromatic carbocycles. The number of benzene rings is 1. The molecule has 1 saturated heterocycles. The summed E-state index contributed by atoms with van der Waals surface area (Å²) in [6, 6.07) is 5.63. The number of amides is 1. The average molecular weight is 269 g/mol. The monoisotopic (exact) mass is 268 g/mol. The molecule has 98 valence electrons. The summed E-state index contributed by atoms with van der Waals surface area (Å²) in [7, 11) is 1.90. The molecule has 1 atom stereocenters. The highest BCUT2D eigenvalue weighted by Crippen LogP contribution is 2.30. The maximum Gasteiger partial charge on any atom is 0.414 e. The standard InChI is InChI=1S/C13H17ClN2O2/c1-9-3-4-10(14)7-12(9)16-11(5-6-15-2)8-18-13(16)17/h3-4,7,11,15H,5-6,8H2,1-2H3. The number of ether oxygens (including phenoxy) is 1. The minimum Gasteiger partial charge on any atom is -0.447 e. The summed E-state index contributed by atoms with van der Waals surface area (Å²) in [5.41, 5.74) is 1.86. The largest absolute Gasteiger partial charge is 0.447 e. The molecule has 18 heavy (non-hydrogen) atoms. The predicted molar refractivity (Wildman–Crippen MR) is 72.3 cm³/mol. The maximum absolute atomic E-state index is 11.9. The molecule has 0 radical (unpaired) electrons. The molecule has 1 aliphatic heterocycles. The highest BCUT2D eigenvalue weighted by atomic mass is 35.5. The van der Waals surface area contributed by atoms with Crippen LogP contribution in [0.1, 0.15) is 12.0 Å². The van der Waals surface area contributed by atoms with E-state index in [-0.39, 0.29) is 12.1 Å². The fourth-order valence-electron chi connectivity index (χ4n) is 2.12. The molecule has 1 N–H and O–H groups in total. The van der Waals surface area contributed by atoms with Crippen molar-refractivity contribution in [1.82, 2.24) is 5.32 Å². The second kappa shape index (κ2) is 5.59. The Morgan fingerprint density at radius 3 is 3.06 bits per heavy atom. The lowest BCUT2D eigenvalue weighted by molar-refractivity contribution is 0.178. The zero-order chi connectivity index (χ0) is 13.1. The highest BCUT2D eigenvalue weighted by Gasteiger charge is 2.34. The van der Waals surface area contributed by atoms with Crippen LogP contribution < -0.4 is 10.2 Å². The van der Waals surface area contributed by atoms with Crippen molar-refractivity contribution in [3.8, 4) is 0 Å². The van der Waals surface area contributed by atoms with E-state index in [2.05, 4.69) is 5.32 Å². The lowest BCUT2D eigenvalue weighted by atomic mass is 10.1. The third-order valence-corrected chi connectivity index (χ3v) is 3.35. The van der Waals surface area contributed by atoms with E-state index < -0.39 is 0 Å². The van der Waals surface area contributed by atoms with Crippen LogP contribution in [0.3, 0.4) is 0 Å². The fraction of sp³-hybridized carbons (Fsp3) is 0.462. The van der Waals surface area contributed by atoms with Crippen molar-refractivity contribution in [3.63, 3.8) is 0 Å². The molecule has 5 heteroatoms. The fourth-order valence-corrected chi connectivity index (χ4v) is 2.29. The quantitative estimate of drug-likeness (QED) is 0.913. The number of halogens is 1. The summed E-state index contributed by atoms with van der Waals surface area (Å²) in [4.78, 5) is 13.6. The van der Waals surface area contributed by atoms with E-state index in [4.69, 9.17) is 16.3 Å². The third kappa shape index (κ3) is 2.60. The smallest absolute Gasteiger partial charge is 0.414 e. The van der Waals surface area contributed by atoms with Crippen LogP contribution >= 0.6 is 11.6 Å². The van der Waals surface area contributed by atoms with Crippen molar-refractivity contribution in [3.05, 3.63) is 28.8 Å². The molecule has 1 fully saturated rings. The predicted octanol–water partition coefficient (Wildman–Crippen LogP) is 2.58. The topological polar surface area (TPSA) is 41.6 Å². The van der Waals surface area contributed by atoms with Gasteiger partial charge in [-0.25, -0.2) is 4.79 Å². The van der Waals surface area contributed by atoms with Crippen LogP contribution in [0.25, 0.3) is 0 Å². The van der Waals surface area contributed by atoms with Gasteiger partial charge < -0.3 is 10.1 Å². The number of nitrogens with zero attached hydrogens (tertiary/aromatic N) is 1. The molecule has 1 unspecified atom stereocenters. The zero-order valence-corrected chi connectivity index (χ0v) is 11.3. The molecule has 0 aliphatic carbocycles. The Bertz CT molecular complexity index is 451. The van der Waals surface area contributed by atoms with Gasteiger partial charge in [-0.3, -0.25) is 4.90 Å². The number of carbonyl (C=O) groups is 1. The molecular formula is C13H17ClN2O2. The first-order valence-electron chi connectivity index (χ1n) is 6.00. The number of hydrogen-bond acceptors (Lipinski definition) is 3. The van der Waals surface area contributed by atoms with Crippen LogP contribution in [0, 0.1) is 6.92 Å². The van der Waals surface area contributed by atoms with Crippen LogP contribution in [-0.4, -0.2) is 32.3 Å². The first kappa shape index (κ1) is 13.2. The highest BCUT2D eigenvalue weighted by molar-refractivity contribution is 6.31. The molecule has 0 spiro atoms. The van der Waals surface area contributed by atoms with Crippen LogP contribution in [0.5, 0.6) is 0 Å². The van der Waals surface area contributed by atoms with Gasteiger partial charge in [0.25, 0.3) is 0 Å². The molecule has 0 bridgehead atoms. The molecule has 0 saturated carbocycles. The first-order valence-corrected chi connectivity index (χ1v) is 6.38. The summed E-state index contributed by atoms with van der Waals surface area (Å²) in [5.74, 6) is 0. The number of carbonyl (C=O) groups excluding carboxylic acids is 1. The summed E-state index contributed by atoms with van der Waals surface area (Å²) < 4.78 is 5.14. The van der Waals surface area contributed by atoms with Gasteiger partial charge in [0.15, 0.2) is 0 Å². The van der Waals surface area contributed by atoms with Crippen LogP contribution in [0.15, 0.2) is 18.2 Å². The molecule has 1 aromatic rings. The van der Waals surface area contributed by atoms with Crippen LogP contribution in [0.2, 0.25) is 5.02 Å². The van der Waals surface area contributed by atoms with Gasteiger partial charge in [-0.15, -0.1) is 0 Å². The van der Waals surface area contributed by atoms with E-state index in [1.54, 1.807) is 4.90 Å². The van der Waals surface area contributed by atoms with Crippen molar-refractivity contribution in [2.24, 2.45) is 0 Å². The Kier molecular flexibility index (Phi) is 4.09. The van der Waals surface area contributed by atoms with Gasteiger partial charge in [0.2, 0.25) is 0 Å². The average Bonchev–Trinajstić information content (AvgIpc) is 2.71. The van der Waals surface area contributed by atoms with E-state index in [1.807, 2.05) is 32.2 Å². The molecule has 4 nitrogen and oxygen atoms in total. The summed E-state index contributed by atoms with van der Waals surface area (Å²) in [6.45, 7) is 3.25. The van der Waals surface area contributed by atoms with Crippen molar-refractivity contribution in [2.45, 2.75) is 19.4 Å². The maximum atomic E-state index is 11.9. The number of rotatable bonds is 4. The van der Waals surface area contributed by atoms with Gasteiger partial charge in [-0.1, -0.05) is 17.7 Å². The number of aryl methyl sites for hydroxylation is 1. The minimum atomic E-state index is -0.290. The van der Waals surface area contributed by atoms with Crippen molar-refractivity contribution >= 4 is 23.4 Å². The Morgan fingerprint density at radius 2 is 2.33 bits per heavy atom.